The van der Waals surface area contributed by atoms with Crippen LogP contribution >= 0.6 is 0 Å². The van der Waals surface area contributed by atoms with Crippen LogP contribution in [0, 0.1) is 6.92 Å². The SMILES string of the molecule is CCNC(=O)[C@@H](CC)N(Cc1ccccc1)C(=O)CN(c1cc(C)ccc1OC)S(C)(=O)=O. The summed E-state index contributed by atoms with van der Waals surface area (Å²) in [5.74, 6) is -0.418. The van der Waals surface area contributed by atoms with Crippen LogP contribution in [0.2, 0.25) is 0 Å². The standard InChI is InChI=1S/C24H33N3O5S/c1-6-20(24(29)25-7-2)26(16-19-11-9-8-10-12-19)23(28)17-27(33(5,30)31)21-15-18(3)13-14-22(21)32-4/h8-15,20H,6-7,16-17H2,1-5H3,(H,25,29)/t20-/m1/s1. The van der Waals surface area contributed by atoms with Gasteiger partial charge in [0.2, 0.25) is 21.8 Å². The summed E-state index contributed by atoms with van der Waals surface area (Å²) in [4.78, 5) is 27.8. The zero-order valence-electron chi connectivity index (χ0n) is 19.9. The Bertz CT molecular complexity index is 1060. The topological polar surface area (TPSA) is 96.0 Å². The monoisotopic (exact) mass is 475 g/mol. The summed E-state index contributed by atoms with van der Waals surface area (Å²) >= 11 is 0. The normalized spacial score (nSPS) is 12.0. The second kappa shape index (κ2) is 11.7. The van der Waals surface area contributed by atoms with Crippen LogP contribution in [0.5, 0.6) is 5.75 Å². The predicted octanol–water partition coefficient (Wildman–Crippen LogP) is 2.71. The van der Waals surface area contributed by atoms with E-state index in [4.69, 9.17) is 4.74 Å². The molecule has 0 fully saturated rings. The summed E-state index contributed by atoms with van der Waals surface area (Å²) in [5, 5.41) is 2.77. The van der Waals surface area contributed by atoms with Crippen LogP contribution in [0.1, 0.15) is 31.4 Å². The summed E-state index contributed by atoms with van der Waals surface area (Å²) < 4.78 is 31.8. The molecule has 0 saturated carbocycles. The number of amides is 2. The van der Waals surface area contributed by atoms with Crippen LogP contribution in [-0.4, -0.2) is 57.6 Å². The van der Waals surface area contributed by atoms with Crippen LogP contribution in [0.4, 0.5) is 5.69 Å². The average Bonchev–Trinajstić information content (AvgIpc) is 2.77. The molecular weight excluding hydrogens is 442 g/mol. The zero-order chi connectivity index (χ0) is 24.6. The van der Waals surface area contributed by atoms with Crippen LogP contribution in [-0.2, 0) is 26.2 Å². The van der Waals surface area contributed by atoms with Gasteiger partial charge in [0, 0.05) is 13.1 Å². The first-order valence-electron chi connectivity index (χ1n) is 10.9. The second-order valence-corrected chi connectivity index (χ2v) is 9.68. The fraction of sp³-hybridized carbons (Fsp3) is 0.417. The number of rotatable bonds is 11. The quantitative estimate of drug-likeness (QED) is 0.539. The molecule has 33 heavy (non-hydrogen) atoms. The fourth-order valence-corrected chi connectivity index (χ4v) is 4.43. The maximum absolute atomic E-state index is 13.6. The molecule has 2 aromatic rings. The summed E-state index contributed by atoms with van der Waals surface area (Å²) in [5.41, 5.74) is 1.94. The number of carbonyl (C=O) groups is 2. The van der Waals surface area contributed by atoms with Gasteiger partial charge in [-0.1, -0.05) is 43.3 Å². The van der Waals surface area contributed by atoms with Crippen LogP contribution in [0.25, 0.3) is 0 Å². The molecule has 8 nitrogen and oxygen atoms in total. The Morgan fingerprint density at radius 1 is 1.09 bits per heavy atom. The van der Waals surface area contributed by atoms with Gasteiger partial charge in [-0.05, 0) is 43.5 Å². The zero-order valence-corrected chi connectivity index (χ0v) is 20.7. The van der Waals surface area contributed by atoms with Crippen LogP contribution < -0.4 is 14.4 Å². The molecule has 0 saturated heterocycles. The molecule has 0 aliphatic carbocycles. The van der Waals surface area contributed by atoms with E-state index in [0.717, 1.165) is 21.7 Å². The van der Waals surface area contributed by atoms with Crippen molar-refractivity contribution in [3.63, 3.8) is 0 Å². The van der Waals surface area contributed by atoms with Crippen molar-refractivity contribution in [1.82, 2.24) is 10.2 Å². The fourth-order valence-electron chi connectivity index (χ4n) is 3.58. The van der Waals surface area contributed by atoms with Gasteiger partial charge in [-0.25, -0.2) is 8.42 Å². The lowest BCUT2D eigenvalue weighted by Gasteiger charge is -2.33. The van der Waals surface area contributed by atoms with Crippen LogP contribution in [0.15, 0.2) is 48.5 Å². The summed E-state index contributed by atoms with van der Waals surface area (Å²) in [7, 11) is -2.38. The number of nitrogens with one attached hydrogen (secondary N) is 1. The van der Waals surface area contributed by atoms with E-state index >= 15 is 0 Å². The Hall–Kier alpha value is -3.07. The van der Waals surface area contributed by atoms with Crippen molar-refractivity contribution in [2.75, 3.05) is 30.8 Å². The van der Waals surface area contributed by atoms with Gasteiger partial charge >= 0.3 is 0 Å². The molecule has 0 aromatic heterocycles. The van der Waals surface area contributed by atoms with E-state index in [0.29, 0.717) is 18.7 Å². The number of nitrogens with zero attached hydrogens (tertiary/aromatic N) is 2. The van der Waals surface area contributed by atoms with E-state index in [1.807, 2.05) is 51.1 Å². The molecule has 0 spiro atoms. The van der Waals surface area contributed by atoms with Crippen molar-refractivity contribution in [2.24, 2.45) is 0 Å². The molecule has 9 heteroatoms. The third kappa shape index (κ3) is 6.95. The van der Waals surface area contributed by atoms with Crippen molar-refractivity contribution >= 4 is 27.5 Å². The number of ether oxygens (including phenoxy) is 1. The van der Waals surface area contributed by atoms with Crippen LogP contribution in [0.3, 0.4) is 0 Å². The van der Waals surface area contributed by atoms with Crippen molar-refractivity contribution in [1.29, 1.82) is 0 Å². The third-order valence-corrected chi connectivity index (χ3v) is 6.34. The third-order valence-electron chi connectivity index (χ3n) is 5.21. The number of methoxy groups -OCH3 is 1. The molecule has 2 aromatic carbocycles. The predicted molar refractivity (Wildman–Crippen MR) is 130 cm³/mol. The van der Waals surface area contributed by atoms with E-state index in [2.05, 4.69) is 5.32 Å². The molecule has 0 radical (unpaired) electrons. The summed E-state index contributed by atoms with van der Waals surface area (Å²) in [6.07, 6.45) is 1.43. The Morgan fingerprint density at radius 2 is 1.76 bits per heavy atom. The lowest BCUT2D eigenvalue weighted by Crippen LogP contribution is -2.52. The molecule has 1 N–H and O–H groups in total. The van der Waals surface area contributed by atoms with Gasteiger partial charge in [0.1, 0.15) is 18.3 Å². The van der Waals surface area contributed by atoms with Crippen molar-refractivity contribution in [3.05, 3.63) is 59.7 Å². The molecule has 0 unspecified atom stereocenters. The van der Waals surface area contributed by atoms with Gasteiger partial charge in [0.25, 0.3) is 0 Å². The number of sulfonamides is 1. The molecular formula is C24H33N3O5S. The molecule has 0 aliphatic rings. The number of hydrogen-bond acceptors (Lipinski definition) is 5. The van der Waals surface area contributed by atoms with Gasteiger partial charge < -0.3 is 15.0 Å². The van der Waals surface area contributed by atoms with Gasteiger partial charge in [0.15, 0.2) is 0 Å². The number of benzene rings is 2. The van der Waals surface area contributed by atoms with Crippen molar-refractivity contribution in [2.45, 2.75) is 39.8 Å². The largest absolute Gasteiger partial charge is 0.495 e. The molecule has 2 amide bonds. The van der Waals surface area contributed by atoms with E-state index < -0.39 is 28.5 Å². The van der Waals surface area contributed by atoms with E-state index in [1.165, 1.54) is 12.0 Å². The maximum Gasteiger partial charge on any atom is 0.244 e. The summed E-state index contributed by atoms with van der Waals surface area (Å²) in [6, 6.07) is 13.7. The average molecular weight is 476 g/mol. The first-order chi connectivity index (χ1) is 15.6. The molecule has 0 aliphatic heterocycles. The first-order valence-corrected chi connectivity index (χ1v) is 12.7. The highest BCUT2D eigenvalue weighted by molar-refractivity contribution is 7.92. The Kier molecular flexibility index (Phi) is 9.28. The first kappa shape index (κ1) is 26.2. The number of carbonyl (C=O) groups excluding carboxylic acids is 2. The smallest absolute Gasteiger partial charge is 0.244 e. The van der Waals surface area contributed by atoms with E-state index in [1.54, 1.807) is 18.2 Å². The molecule has 1 atom stereocenters. The van der Waals surface area contributed by atoms with Gasteiger partial charge in [-0.3, -0.25) is 13.9 Å². The Labute approximate surface area is 196 Å². The lowest BCUT2D eigenvalue weighted by atomic mass is 10.1. The minimum absolute atomic E-state index is 0.178. The second-order valence-electron chi connectivity index (χ2n) is 7.77. The molecule has 2 rings (SSSR count). The summed E-state index contributed by atoms with van der Waals surface area (Å²) in [6.45, 7) is 5.61. The van der Waals surface area contributed by atoms with Gasteiger partial charge in [-0.2, -0.15) is 0 Å². The Morgan fingerprint density at radius 3 is 2.30 bits per heavy atom. The Balaban J connectivity index is 2.48. The van der Waals surface area contributed by atoms with Crippen molar-refractivity contribution in [3.8, 4) is 5.75 Å². The number of aryl methyl sites for hydroxylation is 1. The van der Waals surface area contributed by atoms with Gasteiger partial charge in [-0.15, -0.1) is 0 Å². The number of likely N-dealkylation sites (N-methyl/N-ethyl adjacent to an activating group) is 1. The minimum atomic E-state index is -3.83. The van der Waals surface area contributed by atoms with E-state index in [9.17, 15) is 18.0 Å². The molecule has 0 bridgehead atoms. The highest BCUT2D eigenvalue weighted by atomic mass is 32.2. The number of anilines is 1. The maximum atomic E-state index is 13.6. The lowest BCUT2D eigenvalue weighted by molar-refractivity contribution is -0.140. The minimum Gasteiger partial charge on any atom is -0.495 e. The highest BCUT2D eigenvalue weighted by Crippen LogP contribution is 2.31. The molecule has 180 valence electrons. The van der Waals surface area contributed by atoms with E-state index in [-0.39, 0.29) is 18.1 Å². The van der Waals surface area contributed by atoms with Gasteiger partial charge in [0.05, 0.1) is 19.1 Å². The number of hydrogen-bond donors (Lipinski definition) is 1. The highest BCUT2D eigenvalue weighted by Gasteiger charge is 2.32. The molecule has 0 heterocycles. The van der Waals surface area contributed by atoms with Crippen molar-refractivity contribution < 1.29 is 22.7 Å².